The van der Waals surface area contributed by atoms with Gasteiger partial charge in [0.25, 0.3) is 5.82 Å². The van der Waals surface area contributed by atoms with Crippen LogP contribution in [-0.2, 0) is 4.79 Å². The zero-order valence-corrected chi connectivity index (χ0v) is 15.0. The number of aromatic amines is 1. The normalized spacial score (nSPS) is 11.1. The van der Waals surface area contributed by atoms with Crippen molar-refractivity contribution in [2.45, 2.75) is 24.1 Å². The summed E-state index contributed by atoms with van der Waals surface area (Å²) in [4.78, 5) is 26.9. The van der Waals surface area contributed by atoms with E-state index >= 15 is 0 Å². The molecule has 1 aromatic heterocycles. The first-order valence-electron chi connectivity index (χ1n) is 7.60. The minimum absolute atomic E-state index is 0.128. The number of H-pyrrole nitrogens is 1. The van der Waals surface area contributed by atoms with E-state index in [0.29, 0.717) is 16.3 Å². The number of pyridine rings is 1. The van der Waals surface area contributed by atoms with Crippen molar-refractivity contribution in [2.24, 2.45) is 0 Å². The molecule has 8 heteroatoms. The lowest BCUT2D eigenvalue weighted by molar-refractivity contribution is -0.410. The number of nitrogens with zero attached hydrogens (tertiary/aromatic N) is 2. The van der Waals surface area contributed by atoms with Gasteiger partial charge in [0.15, 0.2) is 10.8 Å². The second-order valence-corrected chi connectivity index (χ2v) is 6.77. The Balaban J connectivity index is 2.21. The van der Waals surface area contributed by atoms with E-state index in [-0.39, 0.29) is 28.6 Å². The van der Waals surface area contributed by atoms with Gasteiger partial charge in [-0.3, -0.25) is 15.3 Å². The maximum atomic E-state index is 12.5. The van der Waals surface area contributed by atoms with Crippen molar-refractivity contribution in [3.63, 3.8) is 0 Å². The highest BCUT2D eigenvalue weighted by Crippen LogP contribution is 2.26. The number of carbonyl (C=O) groups is 2. The Morgan fingerprint density at radius 1 is 1.23 bits per heavy atom. The monoisotopic (exact) mass is 366 g/mol. The minimum atomic E-state index is -0.578. The van der Waals surface area contributed by atoms with E-state index in [1.807, 2.05) is 12.1 Å². The fraction of sp³-hybridized carbons (Fsp3) is 0.167. The summed E-state index contributed by atoms with van der Waals surface area (Å²) in [6.07, 6.45) is 0. The van der Waals surface area contributed by atoms with E-state index in [1.54, 1.807) is 31.2 Å². The first-order chi connectivity index (χ1) is 12.4. The summed E-state index contributed by atoms with van der Waals surface area (Å²) in [7, 11) is 0. The maximum Gasteiger partial charge on any atom is 0.289 e. The molecule has 1 atom stereocenters. The Bertz CT molecular complexity index is 959. The Morgan fingerprint density at radius 3 is 2.50 bits per heavy atom. The Kier molecular flexibility index (Phi) is 5.94. The fourth-order valence-electron chi connectivity index (χ4n) is 2.18. The zero-order valence-electron chi connectivity index (χ0n) is 14.2. The number of rotatable bonds is 5. The predicted octanol–water partition coefficient (Wildman–Crippen LogP) is 2.15. The predicted molar refractivity (Wildman–Crippen MR) is 97.2 cm³/mol. The summed E-state index contributed by atoms with van der Waals surface area (Å²) in [6, 6.07) is 12.0. The number of Topliss-reactive ketones (excluding diaryl/α,β-unsaturated/α-hetero) is 1. The summed E-state index contributed by atoms with van der Waals surface area (Å²) in [5.74, 6) is -0.353. The first kappa shape index (κ1) is 19.0. The number of hydrogen-bond acceptors (Lipinski definition) is 6. The maximum absolute atomic E-state index is 12.5. The van der Waals surface area contributed by atoms with Gasteiger partial charge in [-0.25, -0.2) is 4.98 Å². The Morgan fingerprint density at radius 2 is 1.88 bits per heavy atom. The van der Waals surface area contributed by atoms with E-state index in [4.69, 9.17) is 11.0 Å². The Hall–Kier alpha value is -3.36. The van der Waals surface area contributed by atoms with Gasteiger partial charge in [0.05, 0.1) is 10.9 Å². The van der Waals surface area contributed by atoms with Crippen LogP contribution in [0.25, 0.3) is 0 Å². The van der Waals surface area contributed by atoms with Crippen LogP contribution in [0.15, 0.2) is 35.4 Å². The molecule has 1 amide bonds. The van der Waals surface area contributed by atoms with Gasteiger partial charge in [-0.2, -0.15) is 10.5 Å². The molecule has 7 nitrogen and oxygen atoms in total. The molecule has 0 fully saturated rings. The molecule has 1 aromatic carbocycles. The number of nitrogens with two attached hydrogens (primary N) is 1. The second kappa shape index (κ2) is 8.15. The summed E-state index contributed by atoms with van der Waals surface area (Å²) >= 11 is 1.11. The van der Waals surface area contributed by atoms with Crippen LogP contribution in [0, 0.1) is 22.7 Å². The minimum Gasteiger partial charge on any atom is -0.324 e. The third-order valence-electron chi connectivity index (χ3n) is 3.54. The number of nitrogen functional groups attached to an aromatic ring is 1. The third kappa shape index (κ3) is 4.18. The highest BCUT2D eigenvalue weighted by atomic mass is 32.2. The molecular formula is C18H16N5O2S+. The molecule has 0 spiro atoms. The largest absolute Gasteiger partial charge is 0.324 e. The number of thioether (sulfide) groups is 1. The van der Waals surface area contributed by atoms with Crippen molar-refractivity contribution < 1.29 is 14.6 Å². The van der Waals surface area contributed by atoms with Crippen LogP contribution in [-0.4, -0.2) is 16.9 Å². The number of nitriles is 2. The highest BCUT2D eigenvalue weighted by molar-refractivity contribution is 8.00. The number of hydrogen-bond donors (Lipinski definition) is 2. The summed E-state index contributed by atoms with van der Waals surface area (Å²) in [6.45, 7) is 3.09. The van der Waals surface area contributed by atoms with Gasteiger partial charge in [0, 0.05) is 5.56 Å². The van der Waals surface area contributed by atoms with Crippen molar-refractivity contribution in [1.82, 2.24) is 0 Å². The Labute approximate surface area is 154 Å². The van der Waals surface area contributed by atoms with E-state index in [2.05, 4.69) is 10.3 Å². The van der Waals surface area contributed by atoms with Crippen molar-refractivity contribution in [1.29, 1.82) is 10.5 Å². The number of ketones is 1. The first-order valence-corrected chi connectivity index (χ1v) is 8.48. The molecule has 26 heavy (non-hydrogen) atoms. The van der Waals surface area contributed by atoms with Crippen molar-refractivity contribution in [3.05, 3.63) is 47.0 Å². The molecule has 0 radical (unpaired) electrons. The van der Waals surface area contributed by atoms with Crippen molar-refractivity contribution in [3.8, 4) is 12.1 Å². The van der Waals surface area contributed by atoms with Gasteiger partial charge in [-0.05, 0) is 32.0 Å². The van der Waals surface area contributed by atoms with Gasteiger partial charge in [-0.15, -0.1) is 0 Å². The van der Waals surface area contributed by atoms with Gasteiger partial charge in [0.1, 0.15) is 23.3 Å². The molecule has 0 aliphatic heterocycles. The molecule has 1 heterocycles. The molecule has 4 N–H and O–H groups in total. The molecule has 0 saturated carbocycles. The van der Waals surface area contributed by atoms with Gasteiger partial charge in [-0.1, -0.05) is 23.9 Å². The topological polar surface area (TPSA) is 134 Å². The van der Waals surface area contributed by atoms with Gasteiger partial charge in [0.2, 0.25) is 5.91 Å². The molecule has 0 bridgehead atoms. The summed E-state index contributed by atoms with van der Waals surface area (Å²) in [5.41, 5.74) is 6.99. The number of para-hydroxylation sites is 1. The lowest BCUT2D eigenvalue weighted by atomic mass is 10.1. The molecular weight excluding hydrogens is 350 g/mol. The number of benzene rings is 1. The zero-order chi connectivity index (χ0) is 19.3. The van der Waals surface area contributed by atoms with Crippen LogP contribution >= 0.6 is 11.8 Å². The van der Waals surface area contributed by atoms with E-state index in [9.17, 15) is 14.9 Å². The van der Waals surface area contributed by atoms with Crippen molar-refractivity contribution in [2.75, 3.05) is 11.1 Å². The number of amides is 1. The van der Waals surface area contributed by atoms with E-state index in [0.717, 1.165) is 11.8 Å². The molecule has 0 aliphatic carbocycles. The lowest BCUT2D eigenvalue weighted by Crippen LogP contribution is -2.25. The van der Waals surface area contributed by atoms with Crippen LogP contribution in [0.2, 0.25) is 0 Å². The highest BCUT2D eigenvalue weighted by Gasteiger charge is 2.22. The second-order valence-electron chi connectivity index (χ2n) is 5.41. The lowest BCUT2D eigenvalue weighted by Gasteiger charge is -2.13. The smallest absolute Gasteiger partial charge is 0.289 e. The van der Waals surface area contributed by atoms with Gasteiger partial charge < -0.3 is 5.32 Å². The van der Waals surface area contributed by atoms with E-state index < -0.39 is 5.25 Å². The van der Waals surface area contributed by atoms with Gasteiger partial charge >= 0.3 is 0 Å². The van der Waals surface area contributed by atoms with Crippen LogP contribution in [0.4, 0.5) is 11.5 Å². The van der Waals surface area contributed by atoms with Crippen LogP contribution in [0.3, 0.4) is 0 Å². The average molecular weight is 366 g/mol. The summed E-state index contributed by atoms with van der Waals surface area (Å²) < 4.78 is 0. The number of aromatic nitrogens is 1. The van der Waals surface area contributed by atoms with Crippen LogP contribution < -0.4 is 16.0 Å². The molecule has 0 saturated heterocycles. The average Bonchev–Trinajstić information content (AvgIpc) is 2.62. The van der Waals surface area contributed by atoms with Crippen molar-refractivity contribution >= 4 is 35.0 Å². The molecule has 2 aromatic rings. The molecule has 0 unspecified atom stereocenters. The quantitative estimate of drug-likeness (QED) is 0.615. The SMILES string of the molecule is CC(=O)c1ccccc1NC(=O)[C@H](C)Sc1[nH+]c(N)c(C#N)cc1C#N. The number of anilines is 2. The molecule has 0 aliphatic rings. The van der Waals surface area contributed by atoms with Crippen LogP contribution in [0.1, 0.15) is 35.3 Å². The number of carbonyl (C=O) groups excluding carboxylic acids is 2. The standard InChI is InChI=1S/C18H15N5O2S/c1-10(24)14-5-3-4-6-15(14)22-17(25)11(2)26-18-13(9-20)7-12(8-19)16(21)23-18/h3-7,11H,1-2H3,(H2,21,23)(H,22,25)/p+1/t11-/m0/s1. The molecule has 2 rings (SSSR count). The third-order valence-corrected chi connectivity index (χ3v) is 4.67. The summed E-state index contributed by atoms with van der Waals surface area (Å²) in [5, 5.41) is 20.8. The molecule has 130 valence electrons. The fourth-order valence-corrected chi connectivity index (χ4v) is 3.10. The van der Waals surface area contributed by atoms with E-state index in [1.165, 1.54) is 13.0 Å². The van der Waals surface area contributed by atoms with Crippen LogP contribution in [0.5, 0.6) is 0 Å². The number of nitrogens with one attached hydrogen (secondary N) is 2.